The molecule has 0 saturated carbocycles. The largest absolute Gasteiger partial charge is 0.396 e. The van der Waals surface area contributed by atoms with Crippen molar-refractivity contribution >= 4 is 11.8 Å². The third kappa shape index (κ3) is 4.18. The summed E-state index contributed by atoms with van der Waals surface area (Å²) < 4.78 is 0. The zero-order valence-corrected chi connectivity index (χ0v) is 9.74. The predicted molar refractivity (Wildman–Crippen MR) is 59.7 cm³/mol. The van der Waals surface area contributed by atoms with Crippen molar-refractivity contribution in [3.05, 3.63) is 0 Å². The van der Waals surface area contributed by atoms with Crippen molar-refractivity contribution in [1.82, 2.24) is 10.2 Å². The second kappa shape index (κ2) is 6.48. The van der Waals surface area contributed by atoms with Gasteiger partial charge in [-0.15, -0.1) is 0 Å². The third-order valence-corrected chi connectivity index (χ3v) is 2.63. The van der Waals surface area contributed by atoms with E-state index in [1.165, 1.54) is 0 Å². The lowest BCUT2D eigenvalue weighted by molar-refractivity contribution is -0.129. The summed E-state index contributed by atoms with van der Waals surface area (Å²) in [5.41, 5.74) is 0. The van der Waals surface area contributed by atoms with Crippen LogP contribution in [-0.4, -0.2) is 47.6 Å². The summed E-state index contributed by atoms with van der Waals surface area (Å²) in [5.74, 6) is 0.115. The molecule has 1 fully saturated rings. The van der Waals surface area contributed by atoms with Crippen molar-refractivity contribution in [1.29, 1.82) is 0 Å². The monoisotopic (exact) mass is 228 g/mol. The highest BCUT2D eigenvalue weighted by Crippen LogP contribution is 2.09. The molecule has 0 aromatic carbocycles. The van der Waals surface area contributed by atoms with E-state index in [2.05, 4.69) is 5.32 Å². The zero-order valence-electron chi connectivity index (χ0n) is 9.74. The molecule has 5 nitrogen and oxygen atoms in total. The fraction of sp³-hybridized carbons (Fsp3) is 0.818. The lowest BCUT2D eigenvalue weighted by Crippen LogP contribution is -2.42. The molecule has 1 atom stereocenters. The van der Waals surface area contributed by atoms with Crippen molar-refractivity contribution in [3.8, 4) is 0 Å². The molecule has 16 heavy (non-hydrogen) atoms. The molecule has 2 N–H and O–H groups in total. The fourth-order valence-corrected chi connectivity index (χ4v) is 1.86. The fourth-order valence-electron chi connectivity index (χ4n) is 1.86. The molecule has 0 radical (unpaired) electrons. The Hall–Kier alpha value is -1.10. The van der Waals surface area contributed by atoms with E-state index >= 15 is 0 Å². The summed E-state index contributed by atoms with van der Waals surface area (Å²) >= 11 is 0. The number of nitrogens with zero attached hydrogens (tertiary/aromatic N) is 1. The Bertz CT molecular complexity index is 256. The standard InChI is InChI=1S/C11H20N2O3/c1-9(12-10(15)4-3-7-14)8-13-6-2-5-11(13)16/h9,14H,2-8H2,1H3,(H,12,15). The van der Waals surface area contributed by atoms with Gasteiger partial charge in [-0.3, -0.25) is 9.59 Å². The van der Waals surface area contributed by atoms with Crippen molar-refractivity contribution in [2.45, 2.75) is 38.6 Å². The van der Waals surface area contributed by atoms with Crippen molar-refractivity contribution in [3.63, 3.8) is 0 Å². The number of hydrogen-bond acceptors (Lipinski definition) is 3. The van der Waals surface area contributed by atoms with Crippen LogP contribution < -0.4 is 5.32 Å². The first-order chi connectivity index (χ1) is 7.63. The molecule has 0 spiro atoms. The number of carbonyl (C=O) groups excluding carboxylic acids is 2. The molecule has 0 aromatic heterocycles. The van der Waals surface area contributed by atoms with Crippen LogP contribution >= 0.6 is 0 Å². The maximum absolute atomic E-state index is 11.3. The lowest BCUT2D eigenvalue weighted by atomic mass is 10.2. The third-order valence-electron chi connectivity index (χ3n) is 2.63. The molecule has 0 aromatic rings. The normalized spacial score (nSPS) is 17.6. The van der Waals surface area contributed by atoms with Gasteiger partial charge in [0.05, 0.1) is 0 Å². The first-order valence-corrected chi connectivity index (χ1v) is 5.81. The van der Waals surface area contributed by atoms with Gasteiger partial charge in [0.15, 0.2) is 0 Å². The van der Waals surface area contributed by atoms with Crippen LogP contribution in [0.2, 0.25) is 0 Å². The highest BCUT2D eigenvalue weighted by Gasteiger charge is 2.22. The Kier molecular flexibility index (Phi) is 5.25. The van der Waals surface area contributed by atoms with Gasteiger partial charge >= 0.3 is 0 Å². The topological polar surface area (TPSA) is 69.6 Å². The molecular weight excluding hydrogens is 208 g/mol. The van der Waals surface area contributed by atoms with E-state index in [0.29, 0.717) is 25.8 Å². The minimum Gasteiger partial charge on any atom is -0.396 e. The second-order valence-electron chi connectivity index (χ2n) is 4.24. The molecule has 2 amide bonds. The Morgan fingerprint density at radius 2 is 2.38 bits per heavy atom. The van der Waals surface area contributed by atoms with Crippen LogP contribution in [-0.2, 0) is 9.59 Å². The van der Waals surface area contributed by atoms with Gasteiger partial charge in [0.1, 0.15) is 0 Å². The smallest absolute Gasteiger partial charge is 0.222 e. The first-order valence-electron chi connectivity index (χ1n) is 5.81. The number of nitrogens with one attached hydrogen (secondary N) is 1. The van der Waals surface area contributed by atoms with Gasteiger partial charge in [0.25, 0.3) is 0 Å². The van der Waals surface area contributed by atoms with Crippen LogP contribution in [0.5, 0.6) is 0 Å². The van der Waals surface area contributed by atoms with Gasteiger partial charge in [-0.2, -0.15) is 0 Å². The van der Waals surface area contributed by atoms with E-state index in [1.807, 2.05) is 6.92 Å². The van der Waals surface area contributed by atoms with Gasteiger partial charge in [-0.05, 0) is 19.8 Å². The van der Waals surface area contributed by atoms with E-state index in [1.54, 1.807) is 4.90 Å². The molecule has 1 rings (SSSR count). The van der Waals surface area contributed by atoms with Gasteiger partial charge in [-0.1, -0.05) is 0 Å². The average Bonchev–Trinajstić information content (AvgIpc) is 2.61. The van der Waals surface area contributed by atoms with E-state index in [-0.39, 0.29) is 24.5 Å². The highest BCUT2D eigenvalue weighted by molar-refractivity contribution is 5.78. The molecule has 1 aliphatic rings. The Balaban J connectivity index is 2.21. The minimum absolute atomic E-state index is 0.0201. The number of likely N-dealkylation sites (tertiary alicyclic amines) is 1. The van der Waals surface area contributed by atoms with E-state index in [0.717, 1.165) is 13.0 Å². The summed E-state index contributed by atoms with van der Waals surface area (Å²) in [6.07, 6.45) is 2.38. The molecular formula is C11H20N2O3. The highest BCUT2D eigenvalue weighted by atomic mass is 16.3. The number of aliphatic hydroxyl groups is 1. The van der Waals surface area contributed by atoms with Gasteiger partial charge in [0.2, 0.25) is 11.8 Å². The van der Waals surface area contributed by atoms with Crippen LogP contribution in [0.3, 0.4) is 0 Å². The molecule has 0 aliphatic carbocycles. The lowest BCUT2D eigenvalue weighted by Gasteiger charge is -2.21. The summed E-state index contributed by atoms with van der Waals surface area (Å²) in [4.78, 5) is 24.5. The summed E-state index contributed by atoms with van der Waals surface area (Å²) in [6.45, 7) is 3.31. The van der Waals surface area contributed by atoms with Crippen LogP contribution in [0.15, 0.2) is 0 Å². The summed E-state index contributed by atoms with van der Waals surface area (Å²) in [5, 5.41) is 11.4. The van der Waals surface area contributed by atoms with Gasteiger partial charge in [0, 0.05) is 38.6 Å². The van der Waals surface area contributed by atoms with Crippen LogP contribution in [0.4, 0.5) is 0 Å². The maximum Gasteiger partial charge on any atom is 0.222 e. The average molecular weight is 228 g/mol. The quantitative estimate of drug-likeness (QED) is 0.666. The molecule has 1 heterocycles. The number of aliphatic hydroxyl groups excluding tert-OH is 1. The van der Waals surface area contributed by atoms with Crippen LogP contribution in [0.1, 0.15) is 32.6 Å². The molecule has 92 valence electrons. The van der Waals surface area contributed by atoms with Gasteiger partial charge in [-0.25, -0.2) is 0 Å². The number of amides is 2. The van der Waals surface area contributed by atoms with Crippen molar-refractivity contribution < 1.29 is 14.7 Å². The Morgan fingerprint density at radius 3 is 2.94 bits per heavy atom. The van der Waals surface area contributed by atoms with E-state index < -0.39 is 0 Å². The molecule has 5 heteroatoms. The van der Waals surface area contributed by atoms with E-state index in [4.69, 9.17) is 5.11 Å². The molecule has 1 unspecified atom stereocenters. The molecule has 1 saturated heterocycles. The molecule has 0 bridgehead atoms. The second-order valence-corrected chi connectivity index (χ2v) is 4.24. The van der Waals surface area contributed by atoms with Crippen molar-refractivity contribution in [2.75, 3.05) is 19.7 Å². The number of rotatable bonds is 6. The number of hydrogen-bond donors (Lipinski definition) is 2. The maximum atomic E-state index is 11.3. The summed E-state index contributed by atoms with van der Waals surface area (Å²) in [7, 11) is 0. The number of carbonyl (C=O) groups is 2. The first kappa shape index (κ1) is 13.0. The van der Waals surface area contributed by atoms with Crippen molar-refractivity contribution in [2.24, 2.45) is 0 Å². The van der Waals surface area contributed by atoms with E-state index in [9.17, 15) is 9.59 Å². The minimum atomic E-state index is -0.0619. The predicted octanol–water partition coefficient (Wildman–Crippen LogP) is -0.114. The van der Waals surface area contributed by atoms with Crippen LogP contribution in [0, 0.1) is 0 Å². The van der Waals surface area contributed by atoms with Crippen LogP contribution in [0.25, 0.3) is 0 Å². The zero-order chi connectivity index (χ0) is 12.0. The van der Waals surface area contributed by atoms with Gasteiger partial charge < -0.3 is 15.3 Å². The SMILES string of the molecule is CC(CN1CCCC1=O)NC(=O)CCCO. The Labute approximate surface area is 95.8 Å². The Morgan fingerprint density at radius 1 is 1.62 bits per heavy atom. The summed E-state index contributed by atoms with van der Waals surface area (Å²) in [6, 6.07) is -0.0201. The molecule has 1 aliphatic heterocycles.